The average molecular weight is 294 g/mol. The minimum atomic E-state index is -2.79. The van der Waals surface area contributed by atoms with Crippen LogP contribution in [0.1, 0.15) is 60.3 Å². The highest BCUT2D eigenvalue weighted by atomic mass is 32.2. The van der Waals surface area contributed by atoms with Crippen molar-refractivity contribution >= 4 is 9.84 Å². The first-order valence-electron chi connectivity index (χ1n) is 7.91. The van der Waals surface area contributed by atoms with Gasteiger partial charge in [-0.3, -0.25) is 0 Å². The maximum absolute atomic E-state index is 11.0. The van der Waals surface area contributed by atoms with Crippen LogP contribution in [0.25, 0.3) is 0 Å². The van der Waals surface area contributed by atoms with E-state index in [1.54, 1.807) is 0 Å². The Morgan fingerprint density at radius 2 is 1.53 bits per heavy atom. The maximum Gasteiger partial charge on any atom is 0.148 e. The number of sulfone groups is 1. The van der Waals surface area contributed by atoms with Gasteiger partial charge in [-0.25, -0.2) is 8.42 Å². The van der Waals surface area contributed by atoms with Gasteiger partial charge < -0.3 is 4.90 Å². The fourth-order valence-electron chi connectivity index (χ4n) is 2.20. The Morgan fingerprint density at radius 3 is 1.89 bits per heavy atom. The molecule has 3 nitrogen and oxygen atoms in total. The summed E-state index contributed by atoms with van der Waals surface area (Å²) in [6.07, 6.45) is 6.42. The molecule has 0 saturated carbocycles. The Hall–Kier alpha value is -0.0900. The molecule has 0 bridgehead atoms. The minimum absolute atomic E-state index is 0.311. The molecule has 1 heterocycles. The van der Waals surface area contributed by atoms with Crippen LogP contribution in [0, 0.1) is 5.92 Å². The van der Waals surface area contributed by atoms with Crippen molar-refractivity contribution in [2.75, 3.05) is 31.6 Å². The van der Waals surface area contributed by atoms with E-state index in [4.69, 9.17) is 0 Å². The molecule has 0 aromatic carbocycles. The zero-order valence-electron chi connectivity index (χ0n) is 13.9. The smallest absolute Gasteiger partial charge is 0.148 e. The largest absolute Gasteiger partial charge is 0.302 e. The van der Waals surface area contributed by atoms with Gasteiger partial charge in [-0.15, -0.1) is 0 Å². The van der Waals surface area contributed by atoms with E-state index < -0.39 is 9.84 Å². The Morgan fingerprint density at radius 1 is 1.05 bits per heavy atom. The van der Waals surface area contributed by atoms with Crippen LogP contribution in [0.15, 0.2) is 0 Å². The molecular formula is C15H35NO2S. The van der Waals surface area contributed by atoms with Crippen LogP contribution in [-0.2, 0) is 9.84 Å². The lowest BCUT2D eigenvalue weighted by atomic mass is 9.93. The summed E-state index contributed by atoms with van der Waals surface area (Å²) < 4.78 is 22.0. The first kappa shape index (κ1) is 21.2. The van der Waals surface area contributed by atoms with E-state index in [1.165, 1.54) is 31.9 Å². The number of piperidine rings is 1. The second-order valence-corrected chi connectivity index (χ2v) is 6.96. The van der Waals surface area contributed by atoms with E-state index >= 15 is 0 Å². The Labute approximate surface area is 121 Å². The Balaban J connectivity index is 0. The number of hydrogen-bond donors (Lipinski definition) is 0. The van der Waals surface area contributed by atoms with Gasteiger partial charge in [-0.1, -0.05) is 47.5 Å². The molecule has 0 atom stereocenters. The summed E-state index contributed by atoms with van der Waals surface area (Å²) in [4.78, 5) is 2.28. The molecule has 0 aliphatic carbocycles. The number of nitrogens with zero attached hydrogens (tertiary/aromatic N) is 1. The fourth-order valence-corrected chi connectivity index (χ4v) is 2.79. The van der Waals surface area contributed by atoms with Crippen LogP contribution in [0.4, 0.5) is 0 Å². The SMILES string of the molecule is CC.CC.CCCC1CCN(CCS(C)(=O)=O)CC1. The van der Waals surface area contributed by atoms with Crippen LogP contribution >= 0.6 is 0 Å². The minimum Gasteiger partial charge on any atom is -0.302 e. The van der Waals surface area contributed by atoms with Crippen molar-refractivity contribution in [3.05, 3.63) is 0 Å². The van der Waals surface area contributed by atoms with E-state index in [2.05, 4.69) is 11.8 Å². The van der Waals surface area contributed by atoms with E-state index in [1.807, 2.05) is 27.7 Å². The monoisotopic (exact) mass is 293 g/mol. The van der Waals surface area contributed by atoms with E-state index in [9.17, 15) is 8.42 Å². The third-order valence-electron chi connectivity index (χ3n) is 3.18. The van der Waals surface area contributed by atoms with Gasteiger partial charge in [0.2, 0.25) is 0 Å². The quantitative estimate of drug-likeness (QED) is 0.777. The summed E-state index contributed by atoms with van der Waals surface area (Å²) in [7, 11) is -2.79. The maximum atomic E-state index is 11.0. The lowest BCUT2D eigenvalue weighted by Gasteiger charge is -2.31. The van der Waals surface area contributed by atoms with Crippen molar-refractivity contribution in [2.45, 2.75) is 60.3 Å². The van der Waals surface area contributed by atoms with Gasteiger partial charge in [0.1, 0.15) is 9.84 Å². The van der Waals surface area contributed by atoms with Gasteiger partial charge in [0, 0.05) is 12.8 Å². The van der Waals surface area contributed by atoms with Gasteiger partial charge in [0.05, 0.1) is 5.75 Å². The second kappa shape index (κ2) is 12.9. The predicted molar refractivity (Wildman–Crippen MR) is 86.5 cm³/mol. The zero-order chi connectivity index (χ0) is 15.3. The van der Waals surface area contributed by atoms with Crippen LogP contribution in [0.2, 0.25) is 0 Å². The van der Waals surface area contributed by atoms with Crippen molar-refractivity contribution in [1.82, 2.24) is 4.90 Å². The molecule has 0 spiro atoms. The highest BCUT2D eigenvalue weighted by molar-refractivity contribution is 7.90. The number of hydrogen-bond acceptors (Lipinski definition) is 3. The van der Waals surface area contributed by atoms with Crippen molar-refractivity contribution in [3.8, 4) is 0 Å². The molecule has 19 heavy (non-hydrogen) atoms. The van der Waals surface area contributed by atoms with Gasteiger partial charge in [0.15, 0.2) is 0 Å². The lowest BCUT2D eigenvalue weighted by Crippen LogP contribution is -2.36. The van der Waals surface area contributed by atoms with Crippen LogP contribution in [-0.4, -0.2) is 45.0 Å². The standard InChI is InChI=1S/C11H23NO2S.2C2H6/c1-3-4-11-5-7-12(8-6-11)9-10-15(2,13)14;2*1-2/h11H,3-10H2,1-2H3;2*1-2H3. The van der Waals surface area contributed by atoms with E-state index in [0.29, 0.717) is 5.75 Å². The first-order valence-corrected chi connectivity index (χ1v) is 9.97. The van der Waals surface area contributed by atoms with E-state index in [-0.39, 0.29) is 0 Å². The third-order valence-corrected chi connectivity index (χ3v) is 4.11. The molecule has 1 fully saturated rings. The first-order chi connectivity index (χ1) is 9.01. The van der Waals surface area contributed by atoms with Crippen molar-refractivity contribution in [1.29, 1.82) is 0 Å². The van der Waals surface area contributed by atoms with Crippen molar-refractivity contribution < 1.29 is 8.42 Å². The lowest BCUT2D eigenvalue weighted by molar-refractivity contribution is 0.187. The van der Waals surface area contributed by atoms with Crippen LogP contribution in [0.5, 0.6) is 0 Å². The molecular weight excluding hydrogens is 258 g/mol. The summed E-state index contributed by atoms with van der Waals surface area (Å²) in [5, 5.41) is 0. The van der Waals surface area contributed by atoms with Crippen molar-refractivity contribution in [2.24, 2.45) is 5.92 Å². The topological polar surface area (TPSA) is 37.4 Å². The summed E-state index contributed by atoms with van der Waals surface area (Å²) in [6, 6.07) is 0. The molecule has 1 saturated heterocycles. The second-order valence-electron chi connectivity index (χ2n) is 4.70. The number of rotatable bonds is 5. The summed E-state index contributed by atoms with van der Waals surface area (Å²) in [5.74, 6) is 1.19. The summed E-state index contributed by atoms with van der Waals surface area (Å²) >= 11 is 0. The van der Waals surface area contributed by atoms with Gasteiger partial charge >= 0.3 is 0 Å². The Bertz CT molecular complexity index is 268. The average Bonchev–Trinajstić information content (AvgIpc) is 2.42. The van der Waals surface area contributed by atoms with Gasteiger partial charge in [-0.05, 0) is 31.8 Å². The van der Waals surface area contributed by atoms with Gasteiger partial charge in [-0.2, -0.15) is 0 Å². The molecule has 1 rings (SSSR count). The summed E-state index contributed by atoms with van der Waals surface area (Å²) in [6.45, 7) is 13.1. The molecule has 0 amide bonds. The van der Waals surface area contributed by atoms with Crippen LogP contribution in [0.3, 0.4) is 0 Å². The molecule has 0 radical (unpaired) electrons. The molecule has 4 heteroatoms. The van der Waals surface area contributed by atoms with Crippen molar-refractivity contribution in [3.63, 3.8) is 0 Å². The predicted octanol–water partition coefficient (Wildman–Crippen LogP) is 3.60. The highest BCUT2D eigenvalue weighted by Gasteiger charge is 2.18. The number of likely N-dealkylation sites (tertiary alicyclic amines) is 1. The third kappa shape index (κ3) is 12.7. The normalized spacial score (nSPS) is 16.9. The summed E-state index contributed by atoms with van der Waals surface area (Å²) in [5.41, 5.74) is 0. The van der Waals surface area contributed by atoms with E-state index in [0.717, 1.165) is 25.6 Å². The van der Waals surface area contributed by atoms with Crippen LogP contribution < -0.4 is 0 Å². The fraction of sp³-hybridized carbons (Fsp3) is 1.00. The van der Waals surface area contributed by atoms with Gasteiger partial charge in [0.25, 0.3) is 0 Å². The molecule has 0 aromatic rings. The molecule has 118 valence electrons. The molecule has 0 aromatic heterocycles. The highest BCUT2D eigenvalue weighted by Crippen LogP contribution is 2.21. The zero-order valence-corrected chi connectivity index (χ0v) is 14.7. The Kier molecular flexibility index (Phi) is 14.4. The molecule has 0 N–H and O–H groups in total. The molecule has 1 aliphatic rings. The molecule has 0 unspecified atom stereocenters. The molecule has 1 aliphatic heterocycles.